The Morgan fingerprint density at radius 2 is 1.92 bits per heavy atom. The third kappa shape index (κ3) is 2.65. The largest absolute Gasteiger partial charge is 0.360 e. The van der Waals surface area contributed by atoms with Gasteiger partial charge < -0.3 is 9.84 Å². The fourth-order valence-corrected chi connectivity index (χ4v) is 2.73. The van der Waals surface area contributed by atoms with Gasteiger partial charge in [-0.2, -0.15) is 5.10 Å². The second-order valence-electron chi connectivity index (χ2n) is 5.63. The van der Waals surface area contributed by atoms with Crippen LogP contribution >= 0.6 is 0 Å². The number of carbonyl (C=O) groups is 1. The maximum absolute atomic E-state index is 12.9. The quantitative estimate of drug-likeness (QED) is 0.622. The van der Waals surface area contributed by atoms with Crippen LogP contribution in [0, 0.1) is 13.8 Å². The topological polar surface area (TPSA) is 85.3 Å². The highest BCUT2D eigenvalue weighted by molar-refractivity contribution is 6.10. The fourth-order valence-electron chi connectivity index (χ4n) is 2.73. The van der Waals surface area contributed by atoms with E-state index in [9.17, 15) is 4.79 Å². The summed E-state index contributed by atoms with van der Waals surface area (Å²) in [6.07, 6.45) is 1.78. The number of hydrogen-bond donors (Lipinski definition) is 1. The van der Waals surface area contributed by atoms with Gasteiger partial charge in [-0.1, -0.05) is 35.5 Å². The molecule has 124 valence electrons. The number of amides is 1. The number of carbonyl (C=O) groups excluding carboxylic acids is 1. The average Bonchev–Trinajstić information content (AvgIpc) is 3.18. The molecule has 4 aromatic rings. The summed E-state index contributed by atoms with van der Waals surface area (Å²) in [5, 5.41) is 11.2. The zero-order valence-corrected chi connectivity index (χ0v) is 13.7. The van der Waals surface area contributed by atoms with E-state index in [1.54, 1.807) is 36.7 Å². The summed E-state index contributed by atoms with van der Waals surface area (Å²) < 4.78 is 6.88. The van der Waals surface area contributed by atoms with E-state index in [2.05, 4.69) is 20.6 Å². The maximum atomic E-state index is 12.9. The molecule has 0 saturated heterocycles. The minimum absolute atomic E-state index is 0.300. The average molecular weight is 333 g/mol. The first-order valence-electron chi connectivity index (χ1n) is 7.78. The van der Waals surface area contributed by atoms with Crippen molar-refractivity contribution in [1.29, 1.82) is 0 Å². The lowest BCUT2D eigenvalue weighted by atomic mass is 10.1. The molecule has 25 heavy (non-hydrogen) atoms. The molecule has 1 N–H and O–H groups in total. The molecular formula is C18H15N5O2. The van der Waals surface area contributed by atoms with Crippen molar-refractivity contribution in [2.24, 2.45) is 0 Å². The van der Waals surface area contributed by atoms with Crippen LogP contribution in [0.2, 0.25) is 0 Å². The summed E-state index contributed by atoms with van der Waals surface area (Å²) in [6, 6.07) is 13.0. The third-order valence-corrected chi connectivity index (χ3v) is 3.85. The van der Waals surface area contributed by atoms with E-state index in [0.29, 0.717) is 34.2 Å². The molecule has 1 aromatic carbocycles. The van der Waals surface area contributed by atoms with Gasteiger partial charge in [-0.15, -0.1) is 0 Å². The summed E-state index contributed by atoms with van der Waals surface area (Å²) >= 11 is 0. The molecule has 3 heterocycles. The van der Waals surface area contributed by atoms with Crippen LogP contribution in [0.3, 0.4) is 0 Å². The van der Waals surface area contributed by atoms with Gasteiger partial charge in [0.2, 0.25) is 0 Å². The van der Waals surface area contributed by atoms with Gasteiger partial charge in [-0.05, 0) is 26.0 Å². The molecule has 0 bridgehead atoms. The molecule has 4 rings (SSSR count). The molecule has 0 unspecified atom stereocenters. The molecule has 0 aliphatic heterocycles. The van der Waals surface area contributed by atoms with Crippen LogP contribution in [0.4, 0.5) is 5.69 Å². The summed E-state index contributed by atoms with van der Waals surface area (Å²) in [6.45, 7) is 3.52. The van der Waals surface area contributed by atoms with E-state index in [4.69, 9.17) is 4.52 Å². The van der Waals surface area contributed by atoms with Crippen molar-refractivity contribution in [3.8, 4) is 11.3 Å². The third-order valence-electron chi connectivity index (χ3n) is 3.85. The molecule has 0 radical (unpaired) electrons. The van der Waals surface area contributed by atoms with Crippen molar-refractivity contribution < 1.29 is 9.32 Å². The highest BCUT2D eigenvalue weighted by atomic mass is 16.5. The highest BCUT2D eigenvalue weighted by Gasteiger charge is 2.22. The summed E-state index contributed by atoms with van der Waals surface area (Å²) in [5.74, 6) is 0.792. The van der Waals surface area contributed by atoms with Gasteiger partial charge in [-0.3, -0.25) is 4.79 Å². The Bertz CT molecular complexity index is 1070. The molecule has 0 aliphatic rings. The maximum Gasteiger partial charge on any atom is 0.261 e. The van der Waals surface area contributed by atoms with Crippen LogP contribution in [0.25, 0.3) is 16.9 Å². The van der Waals surface area contributed by atoms with Gasteiger partial charge in [-0.25, -0.2) is 9.50 Å². The lowest BCUT2D eigenvalue weighted by Crippen LogP contribution is -2.14. The standard InChI is InChI=1S/C18H15N5O2/c1-11-15(16(22-25-11)13-7-4-3-5-8-13)18(24)20-14-9-6-10-23-17(14)19-12(2)21-23/h3-10H,1-2H3,(H,20,24). The van der Waals surface area contributed by atoms with Crippen LogP contribution in [0.15, 0.2) is 53.2 Å². The lowest BCUT2D eigenvalue weighted by molar-refractivity contribution is 0.102. The molecule has 0 aliphatic carbocycles. The molecule has 0 spiro atoms. The highest BCUT2D eigenvalue weighted by Crippen LogP contribution is 2.26. The Morgan fingerprint density at radius 3 is 2.72 bits per heavy atom. The van der Waals surface area contributed by atoms with E-state index < -0.39 is 0 Å². The summed E-state index contributed by atoms with van der Waals surface area (Å²) in [7, 11) is 0. The number of rotatable bonds is 3. The normalized spacial score (nSPS) is 11.0. The lowest BCUT2D eigenvalue weighted by Gasteiger charge is -2.06. The SMILES string of the molecule is Cc1nc2c(NC(=O)c3c(-c4ccccc4)noc3C)cccn2n1. The number of fused-ring (bicyclic) bond motifs is 1. The van der Waals surface area contributed by atoms with Crippen molar-refractivity contribution >= 4 is 17.2 Å². The van der Waals surface area contributed by atoms with E-state index in [1.807, 2.05) is 30.3 Å². The van der Waals surface area contributed by atoms with Gasteiger partial charge in [0.05, 0.1) is 5.69 Å². The number of aromatic nitrogens is 4. The number of nitrogens with one attached hydrogen (secondary N) is 1. The molecule has 7 nitrogen and oxygen atoms in total. The van der Waals surface area contributed by atoms with Crippen molar-refractivity contribution in [3.63, 3.8) is 0 Å². The molecule has 0 saturated carbocycles. The van der Waals surface area contributed by atoms with Crippen molar-refractivity contribution in [3.05, 3.63) is 65.8 Å². The summed E-state index contributed by atoms with van der Waals surface area (Å²) in [5.41, 5.74) is 2.90. The van der Waals surface area contributed by atoms with Crippen LogP contribution < -0.4 is 5.32 Å². The second-order valence-corrected chi connectivity index (χ2v) is 5.63. The number of hydrogen-bond acceptors (Lipinski definition) is 5. The second kappa shape index (κ2) is 5.86. The van der Waals surface area contributed by atoms with Gasteiger partial charge in [0.15, 0.2) is 5.65 Å². The predicted molar refractivity (Wildman–Crippen MR) is 92.4 cm³/mol. The van der Waals surface area contributed by atoms with Crippen molar-refractivity contribution in [2.45, 2.75) is 13.8 Å². The zero-order valence-electron chi connectivity index (χ0n) is 13.7. The zero-order chi connectivity index (χ0) is 17.4. The van der Waals surface area contributed by atoms with E-state index in [-0.39, 0.29) is 5.91 Å². The predicted octanol–water partition coefficient (Wildman–Crippen LogP) is 3.25. The van der Waals surface area contributed by atoms with Crippen molar-refractivity contribution in [1.82, 2.24) is 19.8 Å². The van der Waals surface area contributed by atoms with E-state index >= 15 is 0 Å². The van der Waals surface area contributed by atoms with E-state index in [1.165, 1.54) is 0 Å². The minimum Gasteiger partial charge on any atom is -0.360 e. The number of anilines is 1. The monoisotopic (exact) mass is 333 g/mol. The molecule has 1 amide bonds. The smallest absolute Gasteiger partial charge is 0.261 e. The Balaban J connectivity index is 1.74. The first kappa shape index (κ1) is 15.1. The van der Waals surface area contributed by atoms with Gasteiger partial charge >= 0.3 is 0 Å². The minimum atomic E-state index is -0.300. The Kier molecular flexibility index (Phi) is 3.53. The Morgan fingerprint density at radius 1 is 1.12 bits per heavy atom. The number of benzene rings is 1. The molecule has 0 atom stereocenters. The fraction of sp³-hybridized carbons (Fsp3) is 0.111. The van der Waals surface area contributed by atoms with Crippen LogP contribution in [0.1, 0.15) is 21.9 Å². The van der Waals surface area contributed by atoms with Gasteiger partial charge in [0, 0.05) is 11.8 Å². The Labute approximate surface area is 143 Å². The molecule has 0 fully saturated rings. The first-order valence-corrected chi connectivity index (χ1v) is 7.78. The van der Waals surface area contributed by atoms with Gasteiger partial charge in [0.25, 0.3) is 5.91 Å². The first-order chi connectivity index (χ1) is 12.1. The van der Waals surface area contributed by atoms with Crippen LogP contribution in [-0.4, -0.2) is 25.7 Å². The van der Waals surface area contributed by atoms with Crippen LogP contribution in [0.5, 0.6) is 0 Å². The van der Waals surface area contributed by atoms with Crippen LogP contribution in [-0.2, 0) is 0 Å². The molecule has 7 heteroatoms. The molecule has 3 aromatic heterocycles. The van der Waals surface area contributed by atoms with Crippen molar-refractivity contribution in [2.75, 3.05) is 5.32 Å². The number of pyridine rings is 1. The van der Waals surface area contributed by atoms with Gasteiger partial charge in [0.1, 0.15) is 22.8 Å². The Hall–Kier alpha value is -3.48. The summed E-state index contributed by atoms with van der Waals surface area (Å²) in [4.78, 5) is 17.2. The number of nitrogens with zero attached hydrogens (tertiary/aromatic N) is 4. The molecular weight excluding hydrogens is 318 g/mol. The number of aryl methyl sites for hydroxylation is 2. The van der Waals surface area contributed by atoms with E-state index in [0.717, 1.165) is 5.56 Å².